The van der Waals surface area contributed by atoms with E-state index in [2.05, 4.69) is 6.92 Å². The predicted molar refractivity (Wildman–Crippen MR) is 219 cm³/mol. The van der Waals surface area contributed by atoms with Crippen molar-refractivity contribution >= 4 is 17.9 Å². The normalized spacial score (nSPS) is 12.6. The number of ether oxygens (including phenoxy) is 3. The van der Waals surface area contributed by atoms with E-state index < -0.39 is 29.5 Å². The monoisotopic (exact) mass is 741 g/mol. The predicted octanol–water partition coefficient (Wildman–Crippen LogP) is 12.1. The number of benzene rings is 3. The molecule has 0 saturated carbocycles. The Kier molecular flexibility index (Phi) is 19.5. The van der Waals surface area contributed by atoms with Crippen LogP contribution in [0.15, 0.2) is 66.7 Å². The number of nitrogens with two attached hydrogens (primary N) is 1. The molecular formula is C47H67NO6. The van der Waals surface area contributed by atoms with E-state index >= 15 is 0 Å². The highest BCUT2D eigenvalue weighted by atomic mass is 16.6. The minimum atomic E-state index is -0.762. The summed E-state index contributed by atoms with van der Waals surface area (Å²) in [5.41, 5.74) is 10.3. The van der Waals surface area contributed by atoms with Gasteiger partial charge in [0, 0.05) is 12.0 Å². The van der Waals surface area contributed by atoms with Crippen molar-refractivity contribution in [2.75, 3.05) is 0 Å². The fraction of sp³-hybridized carbons (Fsp3) is 0.553. The molecule has 54 heavy (non-hydrogen) atoms. The van der Waals surface area contributed by atoms with Gasteiger partial charge < -0.3 is 19.9 Å². The van der Waals surface area contributed by atoms with Gasteiger partial charge in [0.25, 0.3) is 0 Å². The highest BCUT2D eigenvalue weighted by Gasteiger charge is 2.33. The number of hydrogen-bond acceptors (Lipinski definition) is 7. The van der Waals surface area contributed by atoms with Gasteiger partial charge in [-0.2, -0.15) is 0 Å². The summed E-state index contributed by atoms with van der Waals surface area (Å²) >= 11 is 0. The van der Waals surface area contributed by atoms with Gasteiger partial charge in [-0.25, -0.2) is 9.59 Å². The van der Waals surface area contributed by atoms with Crippen molar-refractivity contribution in [3.63, 3.8) is 0 Å². The summed E-state index contributed by atoms with van der Waals surface area (Å²) in [6.07, 6.45) is 18.4. The number of rotatable bonds is 24. The third-order valence-electron chi connectivity index (χ3n) is 10.1. The Hall–Kier alpha value is -3.97. The average Bonchev–Trinajstić information content (AvgIpc) is 3.14. The molecule has 3 rings (SSSR count). The van der Waals surface area contributed by atoms with Crippen LogP contribution in [-0.2, 0) is 20.9 Å². The zero-order chi connectivity index (χ0) is 39.3. The van der Waals surface area contributed by atoms with Crippen molar-refractivity contribution < 1.29 is 28.6 Å². The largest absolute Gasteiger partial charge is 0.457 e. The molecule has 0 spiro atoms. The molecule has 0 fully saturated rings. The van der Waals surface area contributed by atoms with Crippen LogP contribution in [0.4, 0.5) is 0 Å². The van der Waals surface area contributed by atoms with Gasteiger partial charge in [0.1, 0.15) is 18.5 Å². The number of carbonyl (C=O) groups is 3. The standard InChI is InChI=1S/C47H67NO6/c1-7-8-9-10-11-12-13-14-15-16-17-18-19-20-21-22-42(49)54-43(44(48)47(4,5)6)39-31-32-41(53-46(51)38-29-25-36(3)26-30-38)40(33-39)34-52-45(50)37-27-23-35(2)24-28-37/h23-33,43-44H,7-22,34,48H2,1-6H3. The number of esters is 3. The van der Waals surface area contributed by atoms with E-state index in [0.29, 0.717) is 28.7 Å². The maximum Gasteiger partial charge on any atom is 0.343 e. The number of hydrogen-bond donors (Lipinski definition) is 1. The molecule has 0 aliphatic carbocycles. The van der Waals surface area contributed by atoms with Crippen LogP contribution in [0, 0.1) is 19.3 Å². The third-order valence-corrected chi connectivity index (χ3v) is 10.1. The number of unbranched alkanes of at least 4 members (excludes halogenated alkanes) is 14. The second-order valence-electron chi connectivity index (χ2n) is 16.1. The van der Waals surface area contributed by atoms with E-state index in [4.69, 9.17) is 19.9 Å². The first-order chi connectivity index (χ1) is 25.9. The van der Waals surface area contributed by atoms with Crippen molar-refractivity contribution in [3.05, 3.63) is 100 Å². The molecule has 2 atom stereocenters. The lowest BCUT2D eigenvalue weighted by Gasteiger charge is -2.34. The quantitative estimate of drug-likeness (QED) is 0.0553. The summed E-state index contributed by atoms with van der Waals surface area (Å²) in [5, 5.41) is 0. The number of carbonyl (C=O) groups excluding carboxylic acids is 3. The first kappa shape index (κ1) is 44.4. The molecule has 0 bridgehead atoms. The average molecular weight is 742 g/mol. The lowest BCUT2D eigenvalue weighted by atomic mass is 9.81. The second-order valence-corrected chi connectivity index (χ2v) is 16.1. The van der Waals surface area contributed by atoms with Crippen molar-refractivity contribution in [3.8, 4) is 5.75 Å². The van der Waals surface area contributed by atoms with Gasteiger partial charge in [-0.15, -0.1) is 0 Å². The van der Waals surface area contributed by atoms with Crippen LogP contribution in [0.1, 0.15) is 180 Å². The molecule has 0 aromatic heterocycles. The second kappa shape index (κ2) is 23.7. The zero-order valence-corrected chi connectivity index (χ0v) is 34.1. The molecule has 0 radical (unpaired) electrons. The van der Waals surface area contributed by atoms with Gasteiger partial charge in [0.05, 0.1) is 17.2 Å². The highest BCUT2D eigenvalue weighted by molar-refractivity contribution is 5.91. The summed E-state index contributed by atoms with van der Waals surface area (Å²) in [4.78, 5) is 39.4. The van der Waals surface area contributed by atoms with Gasteiger partial charge in [0.15, 0.2) is 0 Å². The smallest absolute Gasteiger partial charge is 0.343 e. The van der Waals surface area contributed by atoms with Crippen molar-refractivity contribution in [1.29, 1.82) is 0 Å². The fourth-order valence-electron chi connectivity index (χ4n) is 6.40. The van der Waals surface area contributed by atoms with E-state index in [-0.39, 0.29) is 18.3 Å². The lowest BCUT2D eigenvalue weighted by molar-refractivity contribution is -0.152. The first-order valence-corrected chi connectivity index (χ1v) is 20.5. The maximum atomic E-state index is 13.2. The van der Waals surface area contributed by atoms with Gasteiger partial charge in [-0.1, -0.05) is 159 Å². The van der Waals surface area contributed by atoms with Crippen LogP contribution in [0.25, 0.3) is 0 Å². The SMILES string of the molecule is CCCCCCCCCCCCCCCCCC(=O)OC(c1ccc(OC(=O)c2ccc(C)cc2)c(COC(=O)c2ccc(C)cc2)c1)C(N)C(C)(C)C. The Bertz CT molecular complexity index is 1560. The molecule has 0 heterocycles. The topological polar surface area (TPSA) is 105 Å². The molecule has 7 nitrogen and oxygen atoms in total. The molecule has 3 aromatic rings. The lowest BCUT2D eigenvalue weighted by Crippen LogP contribution is -2.42. The fourth-order valence-corrected chi connectivity index (χ4v) is 6.40. The van der Waals surface area contributed by atoms with Gasteiger partial charge in [0.2, 0.25) is 0 Å². The van der Waals surface area contributed by atoms with Crippen molar-refractivity contribution in [1.82, 2.24) is 0 Å². The first-order valence-electron chi connectivity index (χ1n) is 20.5. The molecule has 296 valence electrons. The van der Waals surface area contributed by atoms with Crippen LogP contribution >= 0.6 is 0 Å². The van der Waals surface area contributed by atoms with Crippen molar-refractivity contribution in [2.24, 2.45) is 11.1 Å². The Morgan fingerprint density at radius 1 is 0.630 bits per heavy atom. The van der Waals surface area contributed by atoms with E-state index in [9.17, 15) is 14.4 Å². The molecule has 0 amide bonds. The molecule has 2 unspecified atom stereocenters. The van der Waals surface area contributed by atoms with Crippen LogP contribution in [0.5, 0.6) is 5.75 Å². The van der Waals surface area contributed by atoms with Crippen LogP contribution in [0.2, 0.25) is 0 Å². The maximum absolute atomic E-state index is 13.2. The Morgan fingerprint density at radius 3 is 1.57 bits per heavy atom. The summed E-state index contributed by atoms with van der Waals surface area (Å²) < 4.78 is 17.7. The van der Waals surface area contributed by atoms with Crippen LogP contribution in [0.3, 0.4) is 0 Å². The van der Waals surface area contributed by atoms with E-state index in [1.165, 1.54) is 77.0 Å². The molecule has 0 aliphatic rings. The summed E-state index contributed by atoms with van der Waals surface area (Å²) in [6, 6.07) is 18.9. The minimum Gasteiger partial charge on any atom is -0.457 e. The van der Waals surface area contributed by atoms with Gasteiger partial charge in [-0.05, 0) is 67.6 Å². The molecular weight excluding hydrogens is 675 g/mol. The third kappa shape index (κ3) is 16.2. The number of aryl methyl sites for hydroxylation is 2. The Morgan fingerprint density at radius 2 is 1.09 bits per heavy atom. The molecule has 0 aliphatic heterocycles. The van der Waals surface area contributed by atoms with Gasteiger partial charge >= 0.3 is 17.9 Å². The van der Waals surface area contributed by atoms with Crippen LogP contribution < -0.4 is 10.5 Å². The summed E-state index contributed by atoms with van der Waals surface area (Å²) in [6.45, 7) is 12.0. The van der Waals surface area contributed by atoms with E-state index in [1.54, 1.807) is 42.5 Å². The van der Waals surface area contributed by atoms with Crippen molar-refractivity contribution in [2.45, 2.75) is 163 Å². The molecule has 0 saturated heterocycles. The zero-order valence-electron chi connectivity index (χ0n) is 34.1. The molecule has 7 heteroatoms. The summed E-state index contributed by atoms with van der Waals surface area (Å²) in [5.74, 6) is -1.09. The minimum absolute atomic E-state index is 0.165. The van der Waals surface area contributed by atoms with E-state index in [1.807, 2.05) is 58.9 Å². The molecule has 3 aromatic carbocycles. The Labute approximate surface area is 325 Å². The Balaban J connectivity index is 1.61. The van der Waals surface area contributed by atoms with Gasteiger partial charge in [-0.3, -0.25) is 4.79 Å². The van der Waals surface area contributed by atoms with Crippen LogP contribution in [-0.4, -0.2) is 23.9 Å². The highest BCUT2D eigenvalue weighted by Crippen LogP contribution is 2.35. The van der Waals surface area contributed by atoms with E-state index in [0.717, 1.165) is 30.4 Å². The summed E-state index contributed by atoms with van der Waals surface area (Å²) in [7, 11) is 0. The molecule has 2 N–H and O–H groups in total.